The molecule has 0 spiro atoms. The molecule has 122 valence electrons. The zero-order valence-electron chi connectivity index (χ0n) is 12.1. The molecule has 1 aliphatic rings. The van der Waals surface area contributed by atoms with E-state index in [1.54, 1.807) is 13.0 Å². The van der Waals surface area contributed by atoms with Crippen molar-refractivity contribution in [2.45, 2.75) is 38.0 Å². The first-order valence-corrected chi connectivity index (χ1v) is 7.04. The van der Waals surface area contributed by atoms with E-state index in [1.807, 2.05) is 0 Å². The number of nitrogens with zero attached hydrogens (tertiary/aromatic N) is 1. The van der Waals surface area contributed by atoms with E-state index in [0.717, 1.165) is 19.4 Å². The van der Waals surface area contributed by atoms with Crippen LogP contribution in [0.4, 0.5) is 13.2 Å². The van der Waals surface area contributed by atoms with E-state index in [-0.39, 0.29) is 23.7 Å². The third-order valence-electron chi connectivity index (χ3n) is 3.34. The summed E-state index contributed by atoms with van der Waals surface area (Å²) in [5, 5.41) is 5.92. The molecular weight excluding hydrogens is 299 g/mol. The Morgan fingerprint density at radius 1 is 1.55 bits per heavy atom. The molecule has 0 bridgehead atoms. The van der Waals surface area contributed by atoms with E-state index in [1.165, 1.54) is 12.3 Å². The molecule has 2 rings (SSSR count). The molecule has 1 aromatic rings. The van der Waals surface area contributed by atoms with Gasteiger partial charge in [-0.25, -0.2) is 0 Å². The number of aromatic nitrogens is 1. The normalized spacial score (nSPS) is 19.7. The van der Waals surface area contributed by atoms with Crippen molar-refractivity contribution < 1.29 is 22.7 Å². The van der Waals surface area contributed by atoms with Crippen LogP contribution in [0.1, 0.15) is 31.5 Å². The predicted molar refractivity (Wildman–Crippen MR) is 73.4 cm³/mol. The van der Waals surface area contributed by atoms with E-state index in [4.69, 9.17) is 0 Å². The molecule has 5 nitrogen and oxygen atoms in total. The number of rotatable bonds is 5. The lowest BCUT2D eigenvalue weighted by atomic mass is 10.1. The van der Waals surface area contributed by atoms with Crippen LogP contribution in [0.5, 0.6) is 5.75 Å². The molecule has 0 aliphatic carbocycles. The number of carbonyl (C=O) groups excluding carboxylic acids is 1. The summed E-state index contributed by atoms with van der Waals surface area (Å²) >= 11 is 0. The van der Waals surface area contributed by atoms with E-state index in [0.29, 0.717) is 5.69 Å². The van der Waals surface area contributed by atoms with E-state index < -0.39 is 12.8 Å². The summed E-state index contributed by atoms with van der Waals surface area (Å²) in [5.74, 6) is -0.0544. The van der Waals surface area contributed by atoms with Crippen molar-refractivity contribution in [2.75, 3.05) is 13.2 Å². The third kappa shape index (κ3) is 4.87. The Hall–Kier alpha value is -1.83. The molecule has 1 amide bonds. The quantitative estimate of drug-likeness (QED) is 0.871. The molecule has 0 aromatic carbocycles. The summed E-state index contributed by atoms with van der Waals surface area (Å²) in [5.41, 5.74) is 0.561. The van der Waals surface area contributed by atoms with Crippen molar-refractivity contribution in [1.29, 1.82) is 0 Å². The van der Waals surface area contributed by atoms with Gasteiger partial charge in [-0.2, -0.15) is 13.2 Å². The summed E-state index contributed by atoms with van der Waals surface area (Å²) in [4.78, 5) is 16.0. The van der Waals surface area contributed by atoms with Crippen LogP contribution in [0.25, 0.3) is 0 Å². The van der Waals surface area contributed by atoms with Crippen LogP contribution < -0.4 is 15.4 Å². The van der Waals surface area contributed by atoms with Gasteiger partial charge in [-0.15, -0.1) is 0 Å². The molecule has 1 fully saturated rings. The standard InChI is InChI=1S/C14H18F3N3O2/c1-9(20-13(21)12-3-2-6-18-12)11-5-4-10(7-19-11)22-8-14(15,16)17/h4-5,7,9,12,18H,2-3,6,8H2,1H3,(H,20,21)/t9-,12?/m1/s1. The van der Waals surface area contributed by atoms with Gasteiger partial charge in [0.05, 0.1) is 24.0 Å². The predicted octanol–water partition coefficient (Wildman–Crippen LogP) is 1.95. The second-order valence-electron chi connectivity index (χ2n) is 5.20. The molecule has 1 aliphatic heterocycles. The Morgan fingerprint density at radius 2 is 2.32 bits per heavy atom. The molecule has 2 atom stereocenters. The van der Waals surface area contributed by atoms with Gasteiger partial charge in [0.1, 0.15) is 5.75 Å². The van der Waals surface area contributed by atoms with Gasteiger partial charge in [0.2, 0.25) is 5.91 Å². The third-order valence-corrected chi connectivity index (χ3v) is 3.34. The van der Waals surface area contributed by atoms with Crippen molar-refractivity contribution >= 4 is 5.91 Å². The minimum atomic E-state index is -4.38. The topological polar surface area (TPSA) is 63.2 Å². The minimum Gasteiger partial charge on any atom is -0.483 e. The zero-order valence-corrected chi connectivity index (χ0v) is 12.1. The Balaban J connectivity index is 1.87. The number of carbonyl (C=O) groups is 1. The molecular formula is C14H18F3N3O2. The maximum atomic E-state index is 12.0. The highest BCUT2D eigenvalue weighted by Gasteiger charge is 2.28. The highest BCUT2D eigenvalue weighted by molar-refractivity contribution is 5.82. The first-order valence-electron chi connectivity index (χ1n) is 7.04. The van der Waals surface area contributed by atoms with E-state index in [9.17, 15) is 18.0 Å². The summed E-state index contributed by atoms with van der Waals surface area (Å²) in [6, 6.07) is 2.44. The lowest BCUT2D eigenvalue weighted by Crippen LogP contribution is -2.41. The van der Waals surface area contributed by atoms with Crippen LogP contribution in [0.3, 0.4) is 0 Å². The molecule has 1 unspecified atom stereocenters. The van der Waals surface area contributed by atoms with Crippen LogP contribution in [-0.4, -0.2) is 36.3 Å². The van der Waals surface area contributed by atoms with E-state index in [2.05, 4.69) is 20.4 Å². The minimum absolute atomic E-state index is 0.0389. The van der Waals surface area contributed by atoms with Crippen LogP contribution in [0, 0.1) is 0 Å². The Morgan fingerprint density at radius 3 is 2.86 bits per heavy atom. The summed E-state index contributed by atoms with van der Waals surface area (Å²) in [6.45, 7) is 1.25. The summed E-state index contributed by atoms with van der Waals surface area (Å²) < 4.78 is 40.7. The fraction of sp³-hybridized carbons (Fsp3) is 0.571. The van der Waals surface area contributed by atoms with Crippen molar-refractivity contribution in [3.8, 4) is 5.75 Å². The van der Waals surface area contributed by atoms with Gasteiger partial charge in [0.15, 0.2) is 6.61 Å². The first-order chi connectivity index (χ1) is 10.3. The molecule has 2 N–H and O–H groups in total. The van der Waals surface area contributed by atoms with Crippen LogP contribution in [0.15, 0.2) is 18.3 Å². The molecule has 0 saturated carbocycles. The average Bonchev–Trinajstić information content (AvgIpc) is 2.99. The lowest BCUT2D eigenvalue weighted by molar-refractivity contribution is -0.153. The lowest BCUT2D eigenvalue weighted by Gasteiger charge is -2.17. The van der Waals surface area contributed by atoms with Gasteiger partial charge in [-0.05, 0) is 38.4 Å². The van der Waals surface area contributed by atoms with Gasteiger partial charge in [0.25, 0.3) is 0 Å². The van der Waals surface area contributed by atoms with Crippen molar-refractivity contribution in [1.82, 2.24) is 15.6 Å². The largest absolute Gasteiger partial charge is 0.483 e. The van der Waals surface area contributed by atoms with Gasteiger partial charge in [0, 0.05) is 0 Å². The molecule has 2 heterocycles. The first kappa shape index (κ1) is 16.5. The van der Waals surface area contributed by atoms with Gasteiger partial charge < -0.3 is 15.4 Å². The summed E-state index contributed by atoms with van der Waals surface area (Å²) in [7, 11) is 0. The Labute approximate surface area is 126 Å². The zero-order chi connectivity index (χ0) is 16.2. The van der Waals surface area contributed by atoms with Crippen molar-refractivity contribution in [2.24, 2.45) is 0 Å². The van der Waals surface area contributed by atoms with Gasteiger partial charge in [-0.1, -0.05) is 0 Å². The number of ether oxygens (including phenoxy) is 1. The highest BCUT2D eigenvalue weighted by atomic mass is 19.4. The maximum Gasteiger partial charge on any atom is 0.422 e. The number of halogens is 3. The number of alkyl halides is 3. The highest BCUT2D eigenvalue weighted by Crippen LogP contribution is 2.19. The van der Waals surface area contributed by atoms with Gasteiger partial charge >= 0.3 is 6.18 Å². The van der Waals surface area contributed by atoms with Crippen LogP contribution >= 0.6 is 0 Å². The van der Waals surface area contributed by atoms with Crippen LogP contribution in [0.2, 0.25) is 0 Å². The molecule has 0 radical (unpaired) electrons. The number of amides is 1. The SMILES string of the molecule is C[C@@H](NC(=O)C1CCCN1)c1ccc(OCC(F)(F)F)cn1. The van der Waals surface area contributed by atoms with Crippen molar-refractivity contribution in [3.63, 3.8) is 0 Å². The van der Waals surface area contributed by atoms with E-state index >= 15 is 0 Å². The fourth-order valence-corrected chi connectivity index (χ4v) is 2.19. The molecule has 22 heavy (non-hydrogen) atoms. The average molecular weight is 317 g/mol. The summed E-state index contributed by atoms with van der Waals surface area (Å²) in [6.07, 6.45) is -1.39. The van der Waals surface area contributed by atoms with Crippen LogP contribution in [-0.2, 0) is 4.79 Å². The smallest absolute Gasteiger partial charge is 0.422 e. The van der Waals surface area contributed by atoms with Gasteiger partial charge in [-0.3, -0.25) is 9.78 Å². The second-order valence-corrected chi connectivity index (χ2v) is 5.20. The monoisotopic (exact) mass is 317 g/mol. The Kier molecular flexibility index (Phi) is 5.23. The molecule has 8 heteroatoms. The Bertz CT molecular complexity index is 499. The number of hydrogen-bond donors (Lipinski definition) is 2. The molecule has 1 saturated heterocycles. The number of hydrogen-bond acceptors (Lipinski definition) is 4. The fourth-order valence-electron chi connectivity index (χ4n) is 2.19. The van der Waals surface area contributed by atoms with Crippen molar-refractivity contribution in [3.05, 3.63) is 24.0 Å². The molecule has 1 aromatic heterocycles. The number of nitrogens with one attached hydrogen (secondary N) is 2. The number of pyridine rings is 1. The second kappa shape index (κ2) is 6.95. The maximum absolute atomic E-state index is 12.0.